The molecular weight excluding hydrogens is 318 g/mol. The van der Waals surface area contributed by atoms with Gasteiger partial charge in [0.1, 0.15) is 0 Å². The van der Waals surface area contributed by atoms with Crippen LogP contribution in [0.2, 0.25) is 0 Å². The molecule has 0 bridgehead atoms. The standard InChI is InChI=1S/C19H27N3OS/c1-13(2)12-21-18(23)15(5)24-19-20-10-11-22(19)17-9-7-6-8-16(17)14(3)4/h6-11,13-15H,12H2,1-5H3,(H,21,23). The second-order valence-electron chi connectivity index (χ2n) is 6.69. The lowest BCUT2D eigenvalue weighted by atomic mass is 10.0. The first-order valence-electron chi connectivity index (χ1n) is 8.47. The van der Waals surface area contributed by atoms with Crippen molar-refractivity contribution in [3.63, 3.8) is 0 Å². The van der Waals surface area contributed by atoms with Gasteiger partial charge in [0.05, 0.1) is 10.9 Å². The Morgan fingerprint density at radius 2 is 1.92 bits per heavy atom. The van der Waals surface area contributed by atoms with Gasteiger partial charge in [-0.1, -0.05) is 57.7 Å². The smallest absolute Gasteiger partial charge is 0.233 e. The van der Waals surface area contributed by atoms with Gasteiger partial charge < -0.3 is 5.32 Å². The van der Waals surface area contributed by atoms with Crippen LogP contribution in [0.3, 0.4) is 0 Å². The number of benzene rings is 1. The highest BCUT2D eigenvalue weighted by atomic mass is 32.2. The van der Waals surface area contributed by atoms with E-state index in [1.807, 2.05) is 19.2 Å². The van der Waals surface area contributed by atoms with E-state index in [-0.39, 0.29) is 11.2 Å². The monoisotopic (exact) mass is 345 g/mol. The average Bonchev–Trinajstić information content (AvgIpc) is 3.00. The summed E-state index contributed by atoms with van der Waals surface area (Å²) < 4.78 is 2.08. The number of rotatable bonds is 7. The maximum absolute atomic E-state index is 12.2. The molecule has 0 spiro atoms. The molecule has 1 atom stereocenters. The number of carbonyl (C=O) groups is 1. The predicted molar refractivity (Wildman–Crippen MR) is 101 cm³/mol. The molecule has 130 valence electrons. The van der Waals surface area contributed by atoms with Crippen LogP contribution in [-0.2, 0) is 4.79 Å². The Morgan fingerprint density at radius 1 is 1.21 bits per heavy atom. The minimum Gasteiger partial charge on any atom is -0.355 e. The molecule has 0 radical (unpaired) electrons. The molecule has 24 heavy (non-hydrogen) atoms. The van der Waals surface area contributed by atoms with Gasteiger partial charge in [-0.15, -0.1) is 0 Å². The van der Waals surface area contributed by atoms with E-state index in [2.05, 4.69) is 60.8 Å². The summed E-state index contributed by atoms with van der Waals surface area (Å²) in [6.07, 6.45) is 3.75. The van der Waals surface area contributed by atoms with Crippen molar-refractivity contribution >= 4 is 17.7 Å². The Morgan fingerprint density at radius 3 is 2.58 bits per heavy atom. The lowest BCUT2D eigenvalue weighted by Crippen LogP contribution is -2.33. The van der Waals surface area contributed by atoms with E-state index in [1.165, 1.54) is 17.3 Å². The number of hydrogen-bond acceptors (Lipinski definition) is 3. The molecule has 2 aromatic rings. The molecule has 2 rings (SSSR count). The number of carbonyl (C=O) groups excluding carboxylic acids is 1. The zero-order valence-electron chi connectivity index (χ0n) is 15.1. The van der Waals surface area contributed by atoms with E-state index in [0.717, 1.165) is 10.8 Å². The summed E-state index contributed by atoms with van der Waals surface area (Å²) in [5.41, 5.74) is 2.40. The molecule has 5 heteroatoms. The quantitative estimate of drug-likeness (QED) is 0.763. The minimum atomic E-state index is -0.184. The first kappa shape index (κ1) is 18.6. The van der Waals surface area contributed by atoms with Crippen molar-refractivity contribution in [2.45, 2.75) is 50.9 Å². The number of nitrogens with one attached hydrogen (secondary N) is 1. The molecule has 1 N–H and O–H groups in total. The van der Waals surface area contributed by atoms with Gasteiger partial charge in [0.2, 0.25) is 5.91 Å². The maximum atomic E-state index is 12.2. The van der Waals surface area contributed by atoms with E-state index in [9.17, 15) is 4.79 Å². The van der Waals surface area contributed by atoms with Crippen molar-refractivity contribution in [3.8, 4) is 5.69 Å². The fourth-order valence-electron chi connectivity index (χ4n) is 2.42. The van der Waals surface area contributed by atoms with E-state index >= 15 is 0 Å². The summed E-state index contributed by atoms with van der Waals surface area (Å²) in [4.78, 5) is 16.7. The normalized spacial score (nSPS) is 12.6. The second-order valence-corrected chi connectivity index (χ2v) is 8.00. The third kappa shape index (κ3) is 4.63. The highest BCUT2D eigenvalue weighted by molar-refractivity contribution is 8.00. The average molecular weight is 346 g/mol. The molecule has 1 heterocycles. The Balaban J connectivity index is 2.18. The van der Waals surface area contributed by atoms with Crippen LogP contribution < -0.4 is 5.32 Å². The summed E-state index contributed by atoms with van der Waals surface area (Å²) in [5, 5.41) is 3.65. The summed E-state index contributed by atoms with van der Waals surface area (Å²) >= 11 is 1.49. The first-order chi connectivity index (χ1) is 11.4. The molecule has 4 nitrogen and oxygen atoms in total. The van der Waals surface area contributed by atoms with Gasteiger partial charge in [0.25, 0.3) is 0 Å². The summed E-state index contributed by atoms with van der Waals surface area (Å²) in [7, 11) is 0. The van der Waals surface area contributed by atoms with E-state index < -0.39 is 0 Å². The zero-order chi connectivity index (χ0) is 17.7. The predicted octanol–water partition coefficient (Wildman–Crippen LogP) is 4.25. The van der Waals surface area contributed by atoms with Crippen LogP contribution in [0.15, 0.2) is 41.8 Å². The Hall–Kier alpha value is -1.75. The maximum Gasteiger partial charge on any atom is 0.233 e. The second kappa shape index (κ2) is 8.38. The SMILES string of the molecule is CC(C)CNC(=O)C(C)Sc1nccn1-c1ccccc1C(C)C. The van der Waals surface area contributed by atoms with Gasteiger partial charge >= 0.3 is 0 Å². The molecular formula is C19H27N3OS. The van der Waals surface area contributed by atoms with Crippen molar-refractivity contribution < 1.29 is 4.79 Å². The van der Waals surface area contributed by atoms with Crippen molar-refractivity contribution in [1.82, 2.24) is 14.9 Å². The highest BCUT2D eigenvalue weighted by Gasteiger charge is 2.19. The van der Waals surface area contributed by atoms with Crippen LogP contribution in [-0.4, -0.2) is 27.3 Å². The largest absolute Gasteiger partial charge is 0.355 e. The first-order valence-corrected chi connectivity index (χ1v) is 9.35. The van der Waals surface area contributed by atoms with E-state index in [1.54, 1.807) is 6.20 Å². The Kier molecular flexibility index (Phi) is 6.49. The number of para-hydroxylation sites is 1. The molecule has 1 unspecified atom stereocenters. The zero-order valence-corrected chi connectivity index (χ0v) is 15.9. The molecule has 0 aliphatic carbocycles. The third-order valence-corrected chi connectivity index (χ3v) is 4.84. The van der Waals surface area contributed by atoms with Gasteiger partial charge in [0, 0.05) is 18.9 Å². The topological polar surface area (TPSA) is 46.9 Å². The minimum absolute atomic E-state index is 0.0559. The number of amides is 1. The van der Waals surface area contributed by atoms with Crippen LogP contribution in [0.5, 0.6) is 0 Å². The van der Waals surface area contributed by atoms with Crippen LogP contribution in [0.1, 0.15) is 46.1 Å². The fourth-order valence-corrected chi connectivity index (χ4v) is 3.32. The lowest BCUT2D eigenvalue weighted by Gasteiger charge is -2.17. The number of nitrogens with zero attached hydrogens (tertiary/aromatic N) is 2. The fraction of sp³-hybridized carbons (Fsp3) is 0.474. The van der Waals surface area contributed by atoms with E-state index in [0.29, 0.717) is 18.4 Å². The van der Waals surface area contributed by atoms with Crippen molar-refractivity contribution in [2.75, 3.05) is 6.54 Å². The summed E-state index contributed by atoms with van der Waals surface area (Å²) in [5.74, 6) is 0.930. The van der Waals surface area contributed by atoms with Gasteiger partial charge in [-0.3, -0.25) is 9.36 Å². The molecule has 1 aromatic carbocycles. The van der Waals surface area contributed by atoms with Crippen LogP contribution in [0, 0.1) is 5.92 Å². The summed E-state index contributed by atoms with van der Waals surface area (Å²) in [6, 6.07) is 8.34. The molecule has 1 amide bonds. The number of thioether (sulfide) groups is 1. The highest BCUT2D eigenvalue weighted by Crippen LogP contribution is 2.29. The van der Waals surface area contributed by atoms with Crippen molar-refractivity contribution in [1.29, 1.82) is 0 Å². The van der Waals surface area contributed by atoms with Crippen molar-refractivity contribution in [2.24, 2.45) is 5.92 Å². The van der Waals surface area contributed by atoms with Crippen LogP contribution in [0.4, 0.5) is 0 Å². The molecule has 0 saturated heterocycles. The Bertz CT molecular complexity index is 679. The third-order valence-electron chi connectivity index (χ3n) is 3.76. The van der Waals surface area contributed by atoms with Crippen LogP contribution in [0.25, 0.3) is 5.69 Å². The van der Waals surface area contributed by atoms with Gasteiger partial charge in [-0.2, -0.15) is 0 Å². The van der Waals surface area contributed by atoms with Crippen LogP contribution >= 0.6 is 11.8 Å². The van der Waals surface area contributed by atoms with Gasteiger partial charge in [-0.25, -0.2) is 4.98 Å². The number of imidazole rings is 1. The molecule has 0 aliphatic heterocycles. The number of hydrogen-bond donors (Lipinski definition) is 1. The van der Waals surface area contributed by atoms with Gasteiger partial charge in [-0.05, 0) is 30.4 Å². The van der Waals surface area contributed by atoms with Crippen molar-refractivity contribution in [3.05, 3.63) is 42.2 Å². The lowest BCUT2D eigenvalue weighted by molar-refractivity contribution is -0.120. The van der Waals surface area contributed by atoms with E-state index in [4.69, 9.17) is 0 Å². The molecule has 0 aliphatic rings. The molecule has 1 aromatic heterocycles. The van der Waals surface area contributed by atoms with Gasteiger partial charge in [0.15, 0.2) is 5.16 Å². The Labute approximate surface area is 149 Å². The molecule has 0 saturated carbocycles. The molecule has 0 fully saturated rings. The summed E-state index contributed by atoms with van der Waals surface area (Å²) in [6.45, 7) is 11.2. The number of aromatic nitrogens is 2.